The molecule has 6 nitrogen and oxygen atoms in total. The Labute approximate surface area is 146 Å². The molecule has 2 aromatic rings. The Morgan fingerprint density at radius 1 is 1.50 bits per heavy atom. The van der Waals surface area contributed by atoms with Gasteiger partial charge in [-0.2, -0.15) is 0 Å². The number of nitrogens with zero attached hydrogens (tertiary/aromatic N) is 4. The van der Waals surface area contributed by atoms with Gasteiger partial charge in [-0.25, -0.2) is 9.97 Å². The van der Waals surface area contributed by atoms with E-state index in [0.717, 1.165) is 35.2 Å². The maximum atomic E-state index is 12.4. The van der Waals surface area contributed by atoms with Gasteiger partial charge in [-0.05, 0) is 19.1 Å². The summed E-state index contributed by atoms with van der Waals surface area (Å²) in [4.78, 5) is 24.9. The first-order valence-electron chi connectivity index (χ1n) is 8.00. The minimum atomic E-state index is 0.00835. The quantitative estimate of drug-likeness (QED) is 0.830. The van der Waals surface area contributed by atoms with Gasteiger partial charge in [0.05, 0.1) is 23.7 Å². The van der Waals surface area contributed by atoms with Crippen molar-refractivity contribution < 1.29 is 9.53 Å². The average molecular weight is 346 g/mol. The van der Waals surface area contributed by atoms with Gasteiger partial charge in [-0.15, -0.1) is 11.3 Å². The monoisotopic (exact) mass is 346 g/mol. The first-order chi connectivity index (χ1) is 11.5. The number of ether oxygens (including phenoxy) is 1. The zero-order valence-corrected chi connectivity index (χ0v) is 15.0. The van der Waals surface area contributed by atoms with E-state index in [1.165, 1.54) is 0 Å². The summed E-state index contributed by atoms with van der Waals surface area (Å²) in [5, 5.41) is 2.95. The van der Waals surface area contributed by atoms with Gasteiger partial charge in [-0.1, -0.05) is 0 Å². The molecule has 1 atom stereocenters. The number of anilines is 1. The van der Waals surface area contributed by atoms with E-state index in [4.69, 9.17) is 4.74 Å². The minimum absolute atomic E-state index is 0.00835. The molecule has 0 unspecified atom stereocenters. The van der Waals surface area contributed by atoms with Crippen LogP contribution in [0.2, 0.25) is 0 Å². The van der Waals surface area contributed by atoms with Crippen molar-refractivity contribution in [1.82, 2.24) is 14.9 Å². The molecule has 0 bridgehead atoms. The van der Waals surface area contributed by atoms with Crippen LogP contribution in [-0.2, 0) is 11.2 Å². The van der Waals surface area contributed by atoms with Gasteiger partial charge in [0.2, 0.25) is 5.91 Å². The van der Waals surface area contributed by atoms with E-state index in [0.29, 0.717) is 13.0 Å². The summed E-state index contributed by atoms with van der Waals surface area (Å²) >= 11 is 1.58. The third-order valence-corrected chi connectivity index (χ3v) is 4.79. The smallest absolute Gasteiger partial charge is 0.228 e. The summed E-state index contributed by atoms with van der Waals surface area (Å²) in [6.07, 6.45) is 2.97. The average Bonchev–Trinajstić information content (AvgIpc) is 3.17. The summed E-state index contributed by atoms with van der Waals surface area (Å²) in [7, 11) is 3.88. The molecule has 0 saturated carbocycles. The summed E-state index contributed by atoms with van der Waals surface area (Å²) in [5.41, 5.74) is 0.856. The number of aryl methyl sites for hydroxylation is 1. The Morgan fingerprint density at radius 3 is 3.04 bits per heavy atom. The molecule has 7 heteroatoms. The number of hydrogen-bond acceptors (Lipinski definition) is 6. The molecule has 0 aliphatic carbocycles. The van der Waals surface area contributed by atoms with E-state index in [2.05, 4.69) is 9.97 Å². The number of amides is 1. The maximum absolute atomic E-state index is 12.4. The Kier molecular flexibility index (Phi) is 4.99. The third-order valence-electron chi connectivity index (χ3n) is 3.96. The molecule has 1 aliphatic rings. The molecule has 3 rings (SSSR count). The van der Waals surface area contributed by atoms with E-state index < -0.39 is 0 Å². The second-order valence-corrected chi connectivity index (χ2v) is 7.18. The summed E-state index contributed by atoms with van der Waals surface area (Å²) < 4.78 is 6.09. The lowest BCUT2D eigenvalue weighted by atomic mass is 10.3. The number of carbonyl (C=O) groups excluding carboxylic acids is 1. The van der Waals surface area contributed by atoms with Crippen LogP contribution in [0.25, 0.3) is 0 Å². The normalized spacial score (nSPS) is 17.1. The Balaban J connectivity index is 1.58. The molecule has 1 amide bonds. The van der Waals surface area contributed by atoms with Gasteiger partial charge in [0.15, 0.2) is 11.6 Å². The second kappa shape index (κ2) is 7.17. The van der Waals surface area contributed by atoms with Crippen LogP contribution in [0.3, 0.4) is 0 Å². The molecule has 0 radical (unpaired) electrons. The predicted octanol–water partition coefficient (Wildman–Crippen LogP) is 2.13. The zero-order chi connectivity index (χ0) is 17.1. The van der Waals surface area contributed by atoms with Crippen molar-refractivity contribution in [3.05, 3.63) is 34.4 Å². The van der Waals surface area contributed by atoms with Crippen LogP contribution >= 0.6 is 11.3 Å². The summed E-state index contributed by atoms with van der Waals surface area (Å²) in [6, 6.07) is 3.79. The molecule has 128 valence electrons. The van der Waals surface area contributed by atoms with Crippen molar-refractivity contribution >= 4 is 23.1 Å². The van der Waals surface area contributed by atoms with Crippen LogP contribution in [0.5, 0.6) is 5.75 Å². The molecule has 0 N–H and O–H groups in total. The molecule has 0 spiro atoms. The van der Waals surface area contributed by atoms with E-state index in [9.17, 15) is 4.79 Å². The minimum Gasteiger partial charge on any atom is -0.485 e. The van der Waals surface area contributed by atoms with E-state index in [1.807, 2.05) is 48.3 Å². The summed E-state index contributed by atoms with van der Waals surface area (Å²) in [5.74, 6) is 1.68. The fourth-order valence-corrected chi connectivity index (χ4v) is 3.41. The lowest BCUT2D eigenvalue weighted by Crippen LogP contribution is -2.32. The van der Waals surface area contributed by atoms with Gasteiger partial charge in [0.1, 0.15) is 6.10 Å². The SMILES string of the molecule is Cc1nc(CC(=O)N2CC[C@H](Oc3cccnc3N(C)C)C2)cs1. The van der Waals surface area contributed by atoms with Crippen LogP contribution in [-0.4, -0.2) is 54.1 Å². The van der Waals surface area contributed by atoms with E-state index in [-0.39, 0.29) is 12.0 Å². The molecule has 2 aromatic heterocycles. The van der Waals surface area contributed by atoms with Crippen LogP contribution in [0.15, 0.2) is 23.7 Å². The maximum Gasteiger partial charge on any atom is 0.228 e. The first-order valence-corrected chi connectivity index (χ1v) is 8.88. The van der Waals surface area contributed by atoms with Crippen molar-refractivity contribution in [1.29, 1.82) is 0 Å². The molecular weight excluding hydrogens is 324 g/mol. The highest BCUT2D eigenvalue weighted by atomic mass is 32.1. The standard InChI is InChI=1S/C17H22N4O2S/c1-12-19-13(11-24-12)9-16(22)21-8-6-14(10-21)23-15-5-4-7-18-17(15)20(2)3/h4-5,7,11,14H,6,8-10H2,1-3H3/t14-/m0/s1. The van der Waals surface area contributed by atoms with Crippen molar-refractivity contribution in [3.63, 3.8) is 0 Å². The van der Waals surface area contributed by atoms with Gasteiger partial charge in [0, 0.05) is 38.6 Å². The molecule has 24 heavy (non-hydrogen) atoms. The summed E-state index contributed by atoms with van der Waals surface area (Å²) in [6.45, 7) is 3.29. The second-order valence-electron chi connectivity index (χ2n) is 6.12. The van der Waals surface area contributed by atoms with Gasteiger partial charge >= 0.3 is 0 Å². The topological polar surface area (TPSA) is 58.6 Å². The van der Waals surface area contributed by atoms with Crippen LogP contribution < -0.4 is 9.64 Å². The molecule has 1 fully saturated rings. The molecule has 1 aliphatic heterocycles. The molecule has 1 saturated heterocycles. The number of hydrogen-bond donors (Lipinski definition) is 0. The fraction of sp³-hybridized carbons (Fsp3) is 0.471. The Bertz CT molecular complexity index is 716. The number of likely N-dealkylation sites (tertiary alicyclic amines) is 1. The van der Waals surface area contributed by atoms with Crippen LogP contribution in [0, 0.1) is 6.92 Å². The van der Waals surface area contributed by atoms with Crippen molar-refractivity contribution in [2.75, 3.05) is 32.1 Å². The van der Waals surface area contributed by atoms with E-state index in [1.54, 1.807) is 17.5 Å². The van der Waals surface area contributed by atoms with Gasteiger partial charge in [0.25, 0.3) is 0 Å². The largest absolute Gasteiger partial charge is 0.485 e. The van der Waals surface area contributed by atoms with Crippen molar-refractivity contribution in [3.8, 4) is 5.75 Å². The van der Waals surface area contributed by atoms with Crippen molar-refractivity contribution in [2.24, 2.45) is 0 Å². The van der Waals surface area contributed by atoms with Crippen LogP contribution in [0.4, 0.5) is 5.82 Å². The number of rotatable bonds is 5. The first kappa shape index (κ1) is 16.7. The third kappa shape index (κ3) is 3.84. The molecular formula is C17H22N4O2S. The Morgan fingerprint density at radius 2 is 2.33 bits per heavy atom. The Hall–Kier alpha value is -2.15. The van der Waals surface area contributed by atoms with Crippen molar-refractivity contribution in [2.45, 2.75) is 25.9 Å². The number of thiazole rings is 1. The lowest BCUT2D eigenvalue weighted by molar-refractivity contribution is -0.129. The number of pyridine rings is 1. The highest BCUT2D eigenvalue weighted by Gasteiger charge is 2.28. The van der Waals surface area contributed by atoms with Crippen LogP contribution in [0.1, 0.15) is 17.1 Å². The predicted molar refractivity (Wildman–Crippen MR) is 94.7 cm³/mol. The van der Waals surface area contributed by atoms with E-state index >= 15 is 0 Å². The molecule has 3 heterocycles. The molecule has 0 aromatic carbocycles. The number of carbonyl (C=O) groups is 1. The highest BCUT2D eigenvalue weighted by molar-refractivity contribution is 7.09. The van der Waals surface area contributed by atoms with Gasteiger partial charge < -0.3 is 14.5 Å². The zero-order valence-electron chi connectivity index (χ0n) is 14.2. The lowest BCUT2D eigenvalue weighted by Gasteiger charge is -2.20. The fourth-order valence-electron chi connectivity index (χ4n) is 2.80. The highest BCUT2D eigenvalue weighted by Crippen LogP contribution is 2.26. The number of aromatic nitrogens is 2. The van der Waals surface area contributed by atoms with Gasteiger partial charge in [-0.3, -0.25) is 4.79 Å².